The summed E-state index contributed by atoms with van der Waals surface area (Å²) in [6.07, 6.45) is 3.58. The maximum Gasteiger partial charge on any atom is 0.260 e. The van der Waals surface area contributed by atoms with Crippen molar-refractivity contribution >= 4 is 55.0 Å². The molecule has 0 radical (unpaired) electrons. The van der Waals surface area contributed by atoms with Gasteiger partial charge in [0.15, 0.2) is 5.13 Å². The molecule has 226 valence electrons. The molecule has 1 atom stereocenters. The molecule has 0 saturated carbocycles. The fourth-order valence-corrected chi connectivity index (χ4v) is 8.08. The summed E-state index contributed by atoms with van der Waals surface area (Å²) in [5.74, 6) is 1.03. The second-order valence-corrected chi connectivity index (χ2v) is 12.7. The third-order valence-corrected chi connectivity index (χ3v) is 10.7. The number of carbonyl (C=O) groups is 1. The molecule has 1 saturated heterocycles. The number of methoxy groups -OCH3 is 2. The Morgan fingerprint density at radius 3 is 2.27 bits per heavy atom. The lowest BCUT2D eigenvalue weighted by atomic mass is 10.0. The number of sulfonamides is 1. The number of amides is 1. The van der Waals surface area contributed by atoms with Crippen molar-refractivity contribution in [1.29, 1.82) is 0 Å². The maximum absolute atomic E-state index is 13.9. The van der Waals surface area contributed by atoms with Gasteiger partial charge in [0.2, 0.25) is 10.0 Å². The largest absolute Gasteiger partial charge is 0.495 e. The Balaban J connectivity index is 0.00000462. The first-order valence-electron chi connectivity index (χ1n) is 14.0. The molecule has 1 aromatic heterocycles. The first-order chi connectivity index (χ1) is 19.3. The molecular formula is C29H41ClN4O5S2. The van der Waals surface area contributed by atoms with Crippen molar-refractivity contribution in [2.75, 3.05) is 51.8 Å². The van der Waals surface area contributed by atoms with Crippen molar-refractivity contribution in [2.45, 2.75) is 57.4 Å². The minimum absolute atomic E-state index is 0. The Bertz CT molecular complexity index is 1370. The highest BCUT2D eigenvalue weighted by molar-refractivity contribution is 7.89. The van der Waals surface area contributed by atoms with Crippen LogP contribution in [0.3, 0.4) is 0 Å². The van der Waals surface area contributed by atoms with Crippen LogP contribution in [0.25, 0.3) is 10.2 Å². The molecule has 1 aliphatic heterocycles. The van der Waals surface area contributed by atoms with Crippen LogP contribution in [0.4, 0.5) is 5.13 Å². The van der Waals surface area contributed by atoms with E-state index in [1.165, 1.54) is 11.3 Å². The van der Waals surface area contributed by atoms with E-state index in [0.717, 1.165) is 43.5 Å². The molecule has 1 aliphatic rings. The molecule has 4 rings (SSSR count). The van der Waals surface area contributed by atoms with Gasteiger partial charge in [-0.05, 0) is 68.8 Å². The third kappa shape index (κ3) is 6.97. The first kappa shape index (κ1) is 33.1. The number of nitrogens with zero attached hydrogens (tertiary/aromatic N) is 4. The first-order valence-corrected chi connectivity index (χ1v) is 16.2. The van der Waals surface area contributed by atoms with Gasteiger partial charge in [-0.3, -0.25) is 9.69 Å². The average molecular weight is 625 g/mol. The highest BCUT2D eigenvalue weighted by atomic mass is 35.5. The van der Waals surface area contributed by atoms with E-state index in [1.807, 2.05) is 13.0 Å². The highest BCUT2D eigenvalue weighted by Gasteiger charge is 2.33. The van der Waals surface area contributed by atoms with E-state index in [-0.39, 0.29) is 29.3 Å². The van der Waals surface area contributed by atoms with Crippen molar-refractivity contribution in [3.8, 4) is 11.5 Å². The van der Waals surface area contributed by atoms with Crippen LogP contribution in [0.15, 0.2) is 41.3 Å². The van der Waals surface area contributed by atoms with Gasteiger partial charge in [-0.2, -0.15) is 4.31 Å². The molecule has 1 unspecified atom stereocenters. The summed E-state index contributed by atoms with van der Waals surface area (Å²) >= 11 is 1.37. The number of ether oxygens (including phenoxy) is 2. The van der Waals surface area contributed by atoms with Crippen molar-refractivity contribution in [2.24, 2.45) is 0 Å². The smallest absolute Gasteiger partial charge is 0.260 e. The zero-order chi connectivity index (χ0) is 28.9. The normalized spacial score (nSPS) is 16.0. The maximum atomic E-state index is 13.9. The van der Waals surface area contributed by atoms with Crippen LogP contribution in [0.2, 0.25) is 0 Å². The number of hydrogen-bond acceptors (Lipinski definition) is 8. The number of piperidine rings is 1. The van der Waals surface area contributed by atoms with Gasteiger partial charge in [-0.1, -0.05) is 38.5 Å². The molecule has 2 aromatic carbocycles. The molecule has 1 amide bonds. The molecule has 0 N–H and O–H groups in total. The van der Waals surface area contributed by atoms with E-state index in [9.17, 15) is 13.2 Å². The fraction of sp³-hybridized carbons (Fsp3) is 0.517. The fourth-order valence-electron chi connectivity index (χ4n) is 5.21. The van der Waals surface area contributed by atoms with Crippen molar-refractivity contribution < 1.29 is 22.7 Å². The van der Waals surface area contributed by atoms with Gasteiger partial charge in [0.05, 0.1) is 19.1 Å². The molecule has 2 heterocycles. The van der Waals surface area contributed by atoms with Gasteiger partial charge in [0.25, 0.3) is 5.91 Å². The predicted octanol–water partition coefficient (Wildman–Crippen LogP) is 5.68. The minimum atomic E-state index is -3.64. The predicted molar refractivity (Wildman–Crippen MR) is 168 cm³/mol. The monoisotopic (exact) mass is 624 g/mol. The number of thiazole rings is 1. The summed E-state index contributed by atoms with van der Waals surface area (Å²) in [6.45, 7) is 9.57. The zero-order valence-corrected chi connectivity index (χ0v) is 26.9. The van der Waals surface area contributed by atoms with Crippen molar-refractivity contribution in [3.05, 3.63) is 42.0 Å². The van der Waals surface area contributed by atoms with Crippen LogP contribution in [0.1, 0.15) is 56.8 Å². The molecule has 0 spiro atoms. The Morgan fingerprint density at radius 1 is 1.00 bits per heavy atom. The van der Waals surface area contributed by atoms with Crippen molar-refractivity contribution in [1.82, 2.24) is 14.2 Å². The van der Waals surface area contributed by atoms with Gasteiger partial charge in [-0.25, -0.2) is 13.4 Å². The molecule has 41 heavy (non-hydrogen) atoms. The molecule has 9 nitrogen and oxygen atoms in total. The Hall–Kier alpha value is -2.44. The van der Waals surface area contributed by atoms with E-state index in [2.05, 4.69) is 18.7 Å². The van der Waals surface area contributed by atoms with Gasteiger partial charge < -0.3 is 14.4 Å². The van der Waals surface area contributed by atoms with E-state index in [4.69, 9.17) is 14.5 Å². The topological polar surface area (TPSA) is 92.3 Å². The molecule has 12 heteroatoms. The second-order valence-electron chi connectivity index (χ2n) is 9.83. The van der Waals surface area contributed by atoms with Gasteiger partial charge >= 0.3 is 0 Å². The second kappa shape index (κ2) is 14.6. The number of anilines is 1. The SMILES string of the molecule is CCC1CCCCN1S(=O)(=O)c1ccc(C(=O)N(CCN(CC)CC)c2nc3c(OC)ccc(OC)c3s2)cc1.Cl. The number of fused-ring (bicyclic) bond motifs is 1. The standard InChI is InChI=1S/C29H40N4O5S2.ClH/c1-6-22-11-9-10-18-33(22)40(35,36)23-14-12-21(13-15-23)28(34)32(20-19-31(7-2)8-3)29-30-26-24(37-4)16-17-25(38-5)27(26)39-29;/h12-17,22H,6-11,18-20H2,1-5H3;1H. The lowest BCUT2D eigenvalue weighted by molar-refractivity contribution is 0.0983. The summed E-state index contributed by atoms with van der Waals surface area (Å²) < 4.78 is 40.4. The molecule has 0 aliphatic carbocycles. The number of rotatable bonds is 12. The Morgan fingerprint density at radius 2 is 1.66 bits per heavy atom. The summed E-state index contributed by atoms with van der Waals surface area (Å²) in [6, 6.07) is 9.97. The number of aromatic nitrogens is 1. The lowest BCUT2D eigenvalue weighted by Gasteiger charge is -2.34. The summed E-state index contributed by atoms with van der Waals surface area (Å²) in [4.78, 5) is 22.9. The van der Waals surface area contributed by atoms with Gasteiger partial charge in [-0.15, -0.1) is 12.4 Å². The molecule has 0 bridgehead atoms. The van der Waals surface area contributed by atoms with Crippen LogP contribution >= 0.6 is 23.7 Å². The van der Waals surface area contributed by atoms with Gasteiger partial charge in [0, 0.05) is 31.2 Å². The molecule has 3 aromatic rings. The minimum Gasteiger partial charge on any atom is -0.495 e. The van der Waals surface area contributed by atoms with E-state index >= 15 is 0 Å². The Kier molecular flexibility index (Phi) is 11.8. The van der Waals surface area contributed by atoms with Gasteiger partial charge in [0.1, 0.15) is 21.7 Å². The van der Waals surface area contributed by atoms with E-state index in [0.29, 0.717) is 47.3 Å². The molecular weight excluding hydrogens is 584 g/mol. The average Bonchev–Trinajstić information content (AvgIpc) is 3.44. The van der Waals surface area contributed by atoms with Crippen LogP contribution < -0.4 is 14.4 Å². The number of halogens is 1. The van der Waals surface area contributed by atoms with Crippen molar-refractivity contribution in [3.63, 3.8) is 0 Å². The van der Waals surface area contributed by atoms with Crippen LogP contribution in [-0.2, 0) is 10.0 Å². The molecule has 1 fully saturated rings. The number of likely N-dealkylation sites (N-methyl/N-ethyl adjacent to an activating group) is 1. The number of hydrogen-bond donors (Lipinski definition) is 0. The summed E-state index contributed by atoms with van der Waals surface area (Å²) in [5.41, 5.74) is 1.04. The lowest BCUT2D eigenvalue weighted by Crippen LogP contribution is -2.43. The quantitative estimate of drug-likeness (QED) is 0.256. The summed E-state index contributed by atoms with van der Waals surface area (Å²) in [7, 11) is -0.443. The van der Waals surface area contributed by atoms with Crippen LogP contribution in [0.5, 0.6) is 11.5 Å². The van der Waals surface area contributed by atoms with E-state index in [1.54, 1.807) is 53.8 Å². The van der Waals surface area contributed by atoms with Crippen LogP contribution in [-0.4, -0.2) is 81.5 Å². The Labute approximate surface area is 253 Å². The number of benzene rings is 2. The highest BCUT2D eigenvalue weighted by Crippen LogP contribution is 2.40. The van der Waals surface area contributed by atoms with E-state index < -0.39 is 10.0 Å². The van der Waals surface area contributed by atoms with Crippen LogP contribution in [0, 0.1) is 0 Å². The third-order valence-electron chi connectivity index (χ3n) is 7.66. The number of carbonyl (C=O) groups excluding carboxylic acids is 1. The summed E-state index contributed by atoms with van der Waals surface area (Å²) in [5, 5.41) is 0.533. The zero-order valence-electron chi connectivity index (χ0n) is 24.5.